The third-order valence-corrected chi connectivity index (χ3v) is 6.24. The second-order valence-corrected chi connectivity index (χ2v) is 7.88. The minimum Gasteiger partial charge on any atom is -0.365 e. The molecule has 3 rings (SSSR count). The largest absolute Gasteiger partial charge is 0.365 e. The van der Waals surface area contributed by atoms with Gasteiger partial charge in [-0.2, -0.15) is 4.31 Å². The maximum atomic E-state index is 13.1. The van der Waals surface area contributed by atoms with Crippen molar-refractivity contribution in [3.8, 4) is 0 Å². The van der Waals surface area contributed by atoms with Gasteiger partial charge >= 0.3 is 0 Å². The first kappa shape index (κ1) is 18.3. The Bertz CT molecular complexity index is 902. The molecule has 7 nitrogen and oxygen atoms in total. The topological polar surface area (TPSA) is 83.8 Å². The Balaban J connectivity index is 1.81. The number of nitrogens with zero attached hydrogens (tertiary/aromatic N) is 3. The number of nitro groups is 1. The maximum absolute atomic E-state index is 13.1. The molecule has 1 fully saturated rings. The fourth-order valence-electron chi connectivity index (χ4n) is 3.02. The number of para-hydroxylation sites is 2. The van der Waals surface area contributed by atoms with Crippen LogP contribution in [-0.2, 0) is 10.0 Å². The predicted molar refractivity (Wildman–Crippen MR) is 95.1 cm³/mol. The molecule has 0 N–H and O–H groups in total. The molecule has 1 aliphatic rings. The van der Waals surface area contributed by atoms with Gasteiger partial charge in [-0.25, -0.2) is 12.8 Å². The van der Waals surface area contributed by atoms with Crippen LogP contribution in [0.4, 0.5) is 15.8 Å². The number of hydrogen-bond acceptors (Lipinski definition) is 5. The molecule has 0 spiro atoms. The van der Waals surface area contributed by atoms with Crippen molar-refractivity contribution in [2.75, 3.05) is 31.1 Å². The van der Waals surface area contributed by atoms with E-state index in [-0.39, 0.29) is 17.1 Å². The lowest BCUT2D eigenvalue weighted by molar-refractivity contribution is -0.384. The fourth-order valence-corrected chi connectivity index (χ4v) is 4.49. The summed E-state index contributed by atoms with van der Waals surface area (Å²) in [6.07, 6.45) is 0.534. The van der Waals surface area contributed by atoms with Crippen LogP contribution in [-0.4, -0.2) is 43.8 Å². The van der Waals surface area contributed by atoms with Gasteiger partial charge in [0.25, 0.3) is 5.69 Å². The van der Waals surface area contributed by atoms with Gasteiger partial charge < -0.3 is 4.90 Å². The molecule has 0 radical (unpaired) electrons. The van der Waals surface area contributed by atoms with Crippen LogP contribution in [0.15, 0.2) is 53.4 Å². The number of anilines is 1. The number of rotatable bonds is 4. The van der Waals surface area contributed by atoms with Crippen molar-refractivity contribution in [3.05, 3.63) is 64.5 Å². The van der Waals surface area contributed by atoms with Gasteiger partial charge in [0.15, 0.2) is 0 Å². The van der Waals surface area contributed by atoms with Crippen molar-refractivity contribution >= 4 is 21.4 Å². The zero-order valence-electron chi connectivity index (χ0n) is 13.9. The maximum Gasteiger partial charge on any atom is 0.292 e. The molecule has 0 atom stereocenters. The van der Waals surface area contributed by atoms with Gasteiger partial charge in [-0.15, -0.1) is 0 Å². The first-order chi connectivity index (χ1) is 12.4. The van der Waals surface area contributed by atoms with Crippen LogP contribution in [0.1, 0.15) is 6.42 Å². The van der Waals surface area contributed by atoms with Gasteiger partial charge in [0, 0.05) is 32.2 Å². The monoisotopic (exact) mass is 379 g/mol. The summed E-state index contributed by atoms with van der Waals surface area (Å²) in [6.45, 7) is 1.36. The summed E-state index contributed by atoms with van der Waals surface area (Å²) in [7, 11) is -3.73. The van der Waals surface area contributed by atoms with Gasteiger partial charge in [-0.05, 0) is 36.8 Å². The molecule has 0 aliphatic carbocycles. The van der Waals surface area contributed by atoms with E-state index in [1.165, 1.54) is 22.5 Å². The summed E-state index contributed by atoms with van der Waals surface area (Å²) in [6, 6.07) is 11.2. The number of halogens is 1. The van der Waals surface area contributed by atoms with E-state index < -0.39 is 20.8 Å². The third-order valence-electron chi connectivity index (χ3n) is 4.33. The average Bonchev–Trinajstić information content (AvgIpc) is 2.88. The van der Waals surface area contributed by atoms with Crippen LogP contribution in [0.5, 0.6) is 0 Å². The van der Waals surface area contributed by atoms with Crippen molar-refractivity contribution < 1.29 is 17.7 Å². The molecule has 1 heterocycles. The number of sulfonamides is 1. The standard InChI is InChI=1S/C17H18FN3O4S/c18-14-6-8-15(9-7-14)26(24,25)20-11-3-10-19(12-13-20)16-4-1-2-5-17(16)21(22)23/h1-2,4-9H,3,10-13H2. The molecular weight excluding hydrogens is 361 g/mol. The number of nitro benzene ring substituents is 1. The summed E-state index contributed by atoms with van der Waals surface area (Å²) in [5, 5.41) is 11.2. The number of benzene rings is 2. The van der Waals surface area contributed by atoms with Gasteiger partial charge in [-0.3, -0.25) is 10.1 Å². The molecule has 138 valence electrons. The van der Waals surface area contributed by atoms with Crippen LogP contribution in [0.25, 0.3) is 0 Å². The molecule has 2 aromatic rings. The minimum atomic E-state index is -3.73. The van der Waals surface area contributed by atoms with Gasteiger partial charge in [0.05, 0.1) is 9.82 Å². The molecule has 26 heavy (non-hydrogen) atoms. The van der Waals surface area contributed by atoms with Crippen molar-refractivity contribution in [1.29, 1.82) is 0 Å². The molecule has 2 aromatic carbocycles. The Morgan fingerprint density at radius 1 is 0.962 bits per heavy atom. The Labute approximate surface area is 150 Å². The quantitative estimate of drug-likeness (QED) is 0.602. The van der Waals surface area contributed by atoms with E-state index in [0.29, 0.717) is 31.7 Å². The Morgan fingerprint density at radius 3 is 2.35 bits per heavy atom. The molecule has 0 aromatic heterocycles. The van der Waals surface area contributed by atoms with Crippen LogP contribution >= 0.6 is 0 Å². The van der Waals surface area contributed by atoms with Gasteiger partial charge in [0.1, 0.15) is 11.5 Å². The SMILES string of the molecule is O=[N+]([O-])c1ccccc1N1CCCN(S(=O)(=O)c2ccc(F)cc2)CC1. The molecule has 0 saturated carbocycles. The molecule has 0 amide bonds. The molecule has 0 unspecified atom stereocenters. The van der Waals surface area contributed by atoms with E-state index in [1.807, 2.05) is 4.90 Å². The summed E-state index contributed by atoms with van der Waals surface area (Å²) < 4.78 is 39.9. The first-order valence-corrected chi connectivity index (χ1v) is 9.58. The summed E-state index contributed by atoms with van der Waals surface area (Å²) in [5.41, 5.74) is 0.487. The van der Waals surface area contributed by atoms with E-state index in [0.717, 1.165) is 12.1 Å². The minimum absolute atomic E-state index is 0.00217. The van der Waals surface area contributed by atoms with E-state index in [4.69, 9.17) is 0 Å². The normalized spacial score (nSPS) is 16.3. The highest BCUT2D eigenvalue weighted by molar-refractivity contribution is 7.89. The lowest BCUT2D eigenvalue weighted by Crippen LogP contribution is -2.35. The molecule has 9 heteroatoms. The van der Waals surface area contributed by atoms with Crippen LogP contribution < -0.4 is 4.90 Å². The fraction of sp³-hybridized carbons (Fsp3) is 0.294. The Morgan fingerprint density at radius 2 is 1.65 bits per heavy atom. The van der Waals surface area contributed by atoms with E-state index in [1.54, 1.807) is 18.2 Å². The van der Waals surface area contributed by atoms with Crippen molar-refractivity contribution in [3.63, 3.8) is 0 Å². The summed E-state index contributed by atoms with van der Waals surface area (Å²) in [5.74, 6) is -0.498. The zero-order chi connectivity index (χ0) is 18.7. The summed E-state index contributed by atoms with van der Waals surface area (Å²) in [4.78, 5) is 12.7. The highest BCUT2D eigenvalue weighted by atomic mass is 32.2. The lowest BCUT2D eigenvalue weighted by atomic mass is 10.2. The Kier molecular flexibility index (Phi) is 5.19. The van der Waals surface area contributed by atoms with Crippen molar-refractivity contribution in [2.24, 2.45) is 0 Å². The number of hydrogen-bond donors (Lipinski definition) is 0. The zero-order valence-corrected chi connectivity index (χ0v) is 14.7. The Hall–Kier alpha value is -2.52. The van der Waals surface area contributed by atoms with Gasteiger partial charge in [-0.1, -0.05) is 12.1 Å². The summed E-state index contributed by atoms with van der Waals surface area (Å²) >= 11 is 0. The first-order valence-electron chi connectivity index (χ1n) is 8.14. The highest BCUT2D eigenvalue weighted by Gasteiger charge is 2.28. The molecule has 1 aliphatic heterocycles. The molecular formula is C17H18FN3O4S. The average molecular weight is 379 g/mol. The van der Waals surface area contributed by atoms with Gasteiger partial charge in [0.2, 0.25) is 10.0 Å². The third kappa shape index (κ3) is 3.68. The van der Waals surface area contributed by atoms with E-state index >= 15 is 0 Å². The van der Waals surface area contributed by atoms with Crippen molar-refractivity contribution in [2.45, 2.75) is 11.3 Å². The van der Waals surface area contributed by atoms with Crippen LogP contribution in [0.3, 0.4) is 0 Å². The molecule has 1 saturated heterocycles. The van der Waals surface area contributed by atoms with E-state index in [9.17, 15) is 22.9 Å². The predicted octanol–water partition coefficient (Wildman–Crippen LogP) is 2.63. The highest BCUT2D eigenvalue weighted by Crippen LogP contribution is 2.29. The molecule has 0 bridgehead atoms. The second-order valence-electron chi connectivity index (χ2n) is 5.94. The smallest absolute Gasteiger partial charge is 0.292 e. The lowest BCUT2D eigenvalue weighted by Gasteiger charge is -2.23. The van der Waals surface area contributed by atoms with Crippen molar-refractivity contribution in [1.82, 2.24) is 4.31 Å². The van der Waals surface area contributed by atoms with E-state index in [2.05, 4.69) is 0 Å². The van der Waals surface area contributed by atoms with Crippen LogP contribution in [0.2, 0.25) is 0 Å². The second kappa shape index (κ2) is 7.38. The van der Waals surface area contributed by atoms with Crippen LogP contribution in [0, 0.1) is 15.9 Å².